The molecule has 0 N–H and O–H groups in total. The largest absolute Gasteiger partial charge is 0.293 e. The molecule has 4 nitrogen and oxygen atoms in total. The third-order valence-electron chi connectivity index (χ3n) is 4.59. The standard InChI is InChI=1S/C23H17BrFN3OS/c1-15-4-2-3-5-20(15)28-22(17-8-12-19(25)13-9-17)26-27-23(28)30-14-21(29)16-6-10-18(24)11-7-16/h2-13H,14H2,1H3. The van der Waals surface area contributed by atoms with Crippen molar-refractivity contribution in [1.29, 1.82) is 0 Å². The molecule has 1 aromatic heterocycles. The average Bonchev–Trinajstić information content (AvgIpc) is 3.17. The predicted molar refractivity (Wildman–Crippen MR) is 121 cm³/mol. The van der Waals surface area contributed by atoms with Crippen LogP contribution in [0.25, 0.3) is 17.1 Å². The van der Waals surface area contributed by atoms with E-state index in [0.717, 1.165) is 21.3 Å². The molecule has 0 unspecified atom stereocenters. The van der Waals surface area contributed by atoms with E-state index < -0.39 is 0 Å². The molecule has 150 valence electrons. The Balaban J connectivity index is 1.69. The van der Waals surface area contributed by atoms with Gasteiger partial charge in [-0.2, -0.15) is 0 Å². The summed E-state index contributed by atoms with van der Waals surface area (Å²) in [6, 6.07) is 21.3. The number of para-hydroxylation sites is 1. The number of nitrogens with zero attached hydrogens (tertiary/aromatic N) is 3. The molecule has 0 aliphatic carbocycles. The number of aromatic nitrogens is 3. The van der Waals surface area contributed by atoms with E-state index in [9.17, 15) is 9.18 Å². The number of carbonyl (C=O) groups is 1. The molecule has 0 saturated carbocycles. The lowest BCUT2D eigenvalue weighted by Gasteiger charge is -2.12. The summed E-state index contributed by atoms with van der Waals surface area (Å²) in [6.07, 6.45) is 0. The van der Waals surface area contributed by atoms with Crippen molar-refractivity contribution in [2.45, 2.75) is 12.1 Å². The number of benzene rings is 3. The van der Waals surface area contributed by atoms with Crippen LogP contribution in [0, 0.1) is 12.7 Å². The van der Waals surface area contributed by atoms with Crippen molar-refractivity contribution in [3.63, 3.8) is 0 Å². The van der Waals surface area contributed by atoms with Gasteiger partial charge in [0.1, 0.15) is 5.82 Å². The van der Waals surface area contributed by atoms with Crippen LogP contribution in [0.1, 0.15) is 15.9 Å². The van der Waals surface area contributed by atoms with Crippen LogP contribution in [0.4, 0.5) is 4.39 Å². The second kappa shape index (κ2) is 8.93. The quantitative estimate of drug-likeness (QED) is 0.246. The first-order valence-electron chi connectivity index (χ1n) is 9.22. The zero-order valence-corrected chi connectivity index (χ0v) is 18.5. The molecule has 3 aromatic carbocycles. The lowest BCUT2D eigenvalue weighted by molar-refractivity contribution is 0.102. The second-order valence-electron chi connectivity index (χ2n) is 6.65. The summed E-state index contributed by atoms with van der Waals surface area (Å²) >= 11 is 4.71. The first-order valence-corrected chi connectivity index (χ1v) is 11.0. The van der Waals surface area contributed by atoms with E-state index in [1.807, 2.05) is 47.9 Å². The van der Waals surface area contributed by atoms with E-state index in [-0.39, 0.29) is 17.4 Å². The van der Waals surface area contributed by atoms with E-state index in [1.165, 1.54) is 23.9 Å². The minimum atomic E-state index is -0.310. The molecule has 0 amide bonds. The number of hydrogen-bond acceptors (Lipinski definition) is 4. The Kier molecular flexibility index (Phi) is 6.11. The van der Waals surface area contributed by atoms with Crippen LogP contribution in [0.3, 0.4) is 0 Å². The smallest absolute Gasteiger partial charge is 0.196 e. The van der Waals surface area contributed by atoms with Crippen LogP contribution in [-0.4, -0.2) is 26.3 Å². The average molecular weight is 482 g/mol. The second-order valence-corrected chi connectivity index (χ2v) is 8.51. The van der Waals surface area contributed by atoms with E-state index in [4.69, 9.17) is 0 Å². The van der Waals surface area contributed by atoms with Gasteiger partial charge in [0.2, 0.25) is 0 Å². The Labute approximate surface area is 186 Å². The highest BCUT2D eigenvalue weighted by Gasteiger charge is 2.19. The Morgan fingerprint density at radius 1 is 1.00 bits per heavy atom. The van der Waals surface area contributed by atoms with Crippen molar-refractivity contribution in [1.82, 2.24) is 14.8 Å². The summed E-state index contributed by atoms with van der Waals surface area (Å²) in [4.78, 5) is 12.6. The van der Waals surface area contributed by atoms with Crippen molar-refractivity contribution in [2.24, 2.45) is 0 Å². The minimum absolute atomic E-state index is 0.00941. The summed E-state index contributed by atoms with van der Waals surface area (Å²) < 4.78 is 16.2. The van der Waals surface area contributed by atoms with E-state index in [2.05, 4.69) is 26.1 Å². The fraction of sp³-hybridized carbons (Fsp3) is 0.0870. The maximum atomic E-state index is 13.4. The molecule has 0 atom stereocenters. The van der Waals surface area contributed by atoms with Gasteiger partial charge in [-0.25, -0.2) is 4.39 Å². The minimum Gasteiger partial charge on any atom is -0.293 e. The molecule has 0 saturated heterocycles. The predicted octanol–water partition coefficient (Wildman–Crippen LogP) is 6.12. The molecule has 7 heteroatoms. The number of hydrogen-bond donors (Lipinski definition) is 0. The van der Waals surface area contributed by atoms with Crippen LogP contribution in [0.15, 0.2) is 82.4 Å². The molecule has 4 aromatic rings. The number of rotatable bonds is 6. The van der Waals surface area contributed by atoms with Crippen LogP contribution in [0.5, 0.6) is 0 Å². The maximum absolute atomic E-state index is 13.4. The fourth-order valence-corrected chi connectivity index (χ4v) is 4.13. The van der Waals surface area contributed by atoms with E-state index in [1.54, 1.807) is 24.3 Å². The molecule has 1 heterocycles. The number of thioether (sulfide) groups is 1. The normalized spacial score (nSPS) is 10.9. The van der Waals surface area contributed by atoms with Crippen molar-refractivity contribution in [3.05, 3.63) is 94.2 Å². The zero-order valence-electron chi connectivity index (χ0n) is 16.0. The van der Waals surface area contributed by atoms with Gasteiger partial charge >= 0.3 is 0 Å². The van der Waals surface area contributed by atoms with Gasteiger partial charge < -0.3 is 0 Å². The molecule has 0 aliphatic rings. The lowest BCUT2D eigenvalue weighted by atomic mass is 10.1. The van der Waals surface area contributed by atoms with Crippen LogP contribution >= 0.6 is 27.7 Å². The number of Topliss-reactive ketones (excluding diaryl/α,β-unsaturated/α-hetero) is 1. The van der Waals surface area contributed by atoms with E-state index >= 15 is 0 Å². The molecule has 0 radical (unpaired) electrons. The van der Waals surface area contributed by atoms with Crippen molar-refractivity contribution < 1.29 is 9.18 Å². The van der Waals surface area contributed by atoms with Gasteiger partial charge in [0, 0.05) is 15.6 Å². The van der Waals surface area contributed by atoms with Crippen molar-refractivity contribution in [2.75, 3.05) is 5.75 Å². The van der Waals surface area contributed by atoms with E-state index in [0.29, 0.717) is 16.5 Å². The molecular formula is C23H17BrFN3OS. The van der Waals surface area contributed by atoms with Crippen LogP contribution in [0.2, 0.25) is 0 Å². The topological polar surface area (TPSA) is 47.8 Å². The summed E-state index contributed by atoms with van der Waals surface area (Å²) in [5, 5.41) is 9.29. The van der Waals surface area contributed by atoms with Gasteiger partial charge in [-0.1, -0.05) is 58.0 Å². The number of aryl methyl sites for hydroxylation is 1. The van der Waals surface area contributed by atoms with Gasteiger partial charge in [-0.05, 0) is 55.0 Å². The van der Waals surface area contributed by atoms with Crippen LogP contribution in [-0.2, 0) is 0 Å². The van der Waals surface area contributed by atoms with Crippen LogP contribution < -0.4 is 0 Å². The Morgan fingerprint density at radius 3 is 2.40 bits per heavy atom. The molecule has 0 aliphatic heterocycles. The highest BCUT2D eigenvalue weighted by atomic mass is 79.9. The van der Waals surface area contributed by atoms with Gasteiger partial charge in [0.15, 0.2) is 16.8 Å². The van der Waals surface area contributed by atoms with Crippen molar-refractivity contribution in [3.8, 4) is 17.1 Å². The molecule has 0 spiro atoms. The van der Waals surface area contributed by atoms with Gasteiger partial charge in [0.05, 0.1) is 11.4 Å². The fourth-order valence-electron chi connectivity index (χ4n) is 3.03. The van der Waals surface area contributed by atoms with Gasteiger partial charge in [-0.15, -0.1) is 10.2 Å². The molecule has 30 heavy (non-hydrogen) atoms. The number of carbonyl (C=O) groups excluding carboxylic acids is 1. The highest BCUT2D eigenvalue weighted by molar-refractivity contribution is 9.10. The Morgan fingerprint density at radius 2 is 1.70 bits per heavy atom. The number of halogens is 2. The molecule has 0 fully saturated rings. The molecule has 0 bridgehead atoms. The highest BCUT2D eigenvalue weighted by Crippen LogP contribution is 2.30. The zero-order chi connectivity index (χ0) is 21.1. The van der Waals surface area contributed by atoms with Gasteiger partial charge in [0.25, 0.3) is 0 Å². The van der Waals surface area contributed by atoms with Gasteiger partial charge in [-0.3, -0.25) is 9.36 Å². The lowest BCUT2D eigenvalue weighted by Crippen LogP contribution is -2.05. The SMILES string of the molecule is Cc1ccccc1-n1c(SCC(=O)c2ccc(Br)cc2)nnc1-c1ccc(F)cc1. The third-order valence-corrected chi connectivity index (χ3v) is 6.05. The summed E-state index contributed by atoms with van der Waals surface area (Å²) in [6.45, 7) is 2.01. The molecular weight excluding hydrogens is 465 g/mol. The Hall–Kier alpha value is -2.77. The summed E-state index contributed by atoms with van der Waals surface area (Å²) in [7, 11) is 0. The third kappa shape index (κ3) is 4.37. The monoisotopic (exact) mass is 481 g/mol. The first kappa shape index (κ1) is 20.5. The maximum Gasteiger partial charge on any atom is 0.196 e. The number of ketones is 1. The first-order chi connectivity index (χ1) is 14.5. The summed E-state index contributed by atoms with van der Waals surface area (Å²) in [5.74, 6) is 0.531. The summed E-state index contributed by atoms with van der Waals surface area (Å²) in [5.41, 5.74) is 3.35. The van der Waals surface area contributed by atoms with Crippen molar-refractivity contribution >= 4 is 33.5 Å². The Bertz CT molecular complexity index is 1190. The molecule has 4 rings (SSSR count).